The molecule has 1 fully saturated rings. The molecule has 0 N–H and O–H groups in total. The van der Waals surface area contributed by atoms with Crippen LogP contribution in [-0.2, 0) is 6.42 Å². The molecule has 2 aliphatic rings. The molecule has 2 unspecified atom stereocenters. The number of hydrogen-bond donors (Lipinski definition) is 0. The minimum Gasteiger partial charge on any atom is -0.488 e. The van der Waals surface area contributed by atoms with Crippen molar-refractivity contribution in [3.05, 3.63) is 41.0 Å². The molecule has 108 valence electrons. The number of halogens is 1. The molecule has 1 aromatic carbocycles. The molecule has 21 heavy (non-hydrogen) atoms. The van der Waals surface area contributed by atoms with Gasteiger partial charge in [0.05, 0.1) is 13.3 Å². The van der Waals surface area contributed by atoms with Gasteiger partial charge in [0.25, 0.3) is 0 Å². The molecule has 2 atom stereocenters. The summed E-state index contributed by atoms with van der Waals surface area (Å²) in [6, 6.07) is 8.05. The fourth-order valence-corrected chi connectivity index (χ4v) is 3.36. The quantitative estimate of drug-likeness (QED) is 0.794. The lowest BCUT2D eigenvalue weighted by molar-refractivity contribution is 0.0458. The number of nitrogens with zero attached hydrogens (tertiary/aromatic N) is 1. The van der Waals surface area contributed by atoms with Gasteiger partial charge in [-0.25, -0.2) is 4.98 Å². The first kappa shape index (κ1) is 13.0. The maximum Gasteiger partial charge on any atom is 0.213 e. The number of rotatable bonds is 1. The van der Waals surface area contributed by atoms with Crippen molar-refractivity contribution < 1.29 is 9.47 Å². The van der Waals surface area contributed by atoms with Crippen molar-refractivity contribution in [2.45, 2.75) is 25.4 Å². The van der Waals surface area contributed by atoms with Crippen LogP contribution in [0.5, 0.6) is 11.6 Å². The zero-order valence-electron chi connectivity index (χ0n) is 11.8. The van der Waals surface area contributed by atoms with Crippen LogP contribution in [0.2, 0.25) is 5.02 Å². The first-order valence-electron chi connectivity index (χ1n) is 7.24. The van der Waals surface area contributed by atoms with Crippen LogP contribution in [-0.4, -0.2) is 18.2 Å². The highest BCUT2D eigenvalue weighted by Crippen LogP contribution is 2.44. The van der Waals surface area contributed by atoms with Crippen LogP contribution in [0.1, 0.15) is 18.4 Å². The molecule has 0 bridgehead atoms. The van der Waals surface area contributed by atoms with E-state index < -0.39 is 0 Å². The Morgan fingerprint density at radius 3 is 2.90 bits per heavy atom. The molecule has 2 aromatic rings. The number of benzene rings is 1. The predicted molar refractivity (Wildman–Crippen MR) is 82.1 cm³/mol. The molecule has 1 aromatic heterocycles. The minimum atomic E-state index is 0.308. The summed E-state index contributed by atoms with van der Waals surface area (Å²) < 4.78 is 11.4. The van der Waals surface area contributed by atoms with Gasteiger partial charge in [-0.05, 0) is 42.5 Å². The molecule has 3 nitrogen and oxygen atoms in total. The van der Waals surface area contributed by atoms with E-state index in [2.05, 4.69) is 11.1 Å². The van der Waals surface area contributed by atoms with Crippen LogP contribution in [0.4, 0.5) is 0 Å². The van der Waals surface area contributed by atoms with Crippen LogP contribution in [0.3, 0.4) is 0 Å². The van der Waals surface area contributed by atoms with E-state index in [4.69, 9.17) is 21.1 Å². The molecule has 0 saturated heterocycles. The van der Waals surface area contributed by atoms with Gasteiger partial charge in [0.1, 0.15) is 11.9 Å². The summed E-state index contributed by atoms with van der Waals surface area (Å²) in [5, 5.41) is 0.737. The van der Waals surface area contributed by atoms with E-state index in [1.54, 1.807) is 13.3 Å². The van der Waals surface area contributed by atoms with Crippen LogP contribution < -0.4 is 9.47 Å². The first-order valence-corrected chi connectivity index (χ1v) is 7.62. The van der Waals surface area contributed by atoms with Gasteiger partial charge >= 0.3 is 0 Å². The number of ether oxygens (including phenoxy) is 2. The third-order valence-corrected chi connectivity index (χ3v) is 4.76. The summed E-state index contributed by atoms with van der Waals surface area (Å²) in [6.07, 6.45) is 5.47. The molecule has 0 spiro atoms. The van der Waals surface area contributed by atoms with E-state index in [-0.39, 0.29) is 0 Å². The zero-order valence-corrected chi connectivity index (χ0v) is 12.6. The summed E-state index contributed by atoms with van der Waals surface area (Å²) in [5.41, 5.74) is 3.47. The Morgan fingerprint density at radius 2 is 2.14 bits per heavy atom. The zero-order chi connectivity index (χ0) is 14.4. The highest BCUT2D eigenvalue weighted by molar-refractivity contribution is 6.30. The van der Waals surface area contributed by atoms with E-state index in [0.29, 0.717) is 17.9 Å². The van der Waals surface area contributed by atoms with Crippen molar-refractivity contribution in [3.63, 3.8) is 0 Å². The Morgan fingerprint density at radius 1 is 1.24 bits per heavy atom. The number of fused-ring (bicyclic) bond motifs is 4. The number of pyridine rings is 1. The molecule has 0 radical (unpaired) electrons. The first-order chi connectivity index (χ1) is 10.2. The van der Waals surface area contributed by atoms with E-state index in [1.165, 1.54) is 12.0 Å². The van der Waals surface area contributed by atoms with E-state index in [1.807, 2.05) is 18.2 Å². The summed E-state index contributed by atoms with van der Waals surface area (Å²) in [6.45, 7) is 0. The summed E-state index contributed by atoms with van der Waals surface area (Å²) in [4.78, 5) is 4.28. The Hall–Kier alpha value is -1.74. The normalized spacial score (nSPS) is 22.6. The SMILES string of the molecule is COc1cc2c(cn1)OC1CCC1Cc1ccc(Cl)cc1-2. The fraction of sp³-hybridized carbons (Fsp3) is 0.353. The second-order valence-electron chi connectivity index (χ2n) is 5.72. The molecular weight excluding hydrogens is 286 g/mol. The monoisotopic (exact) mass is 301 g/mol. The second-order valence-corrected chi connectivity index (χ2v) is 6.16. The lowest BCUT2D eigenvalue weighted by Crippen LogP contribution is -2.38. The topological polar surface area (TPSA) is 31.4 Å². The van der Waals surface area contributed by atoms with Gasteiger partial charge in [0.15, 0.2) is 0 Å². The maximum absolute atomic E-state index is 6.20. The van der Waals surface area contributed by atoms with Crippen molar-refractivity contribution >= 4 is 11.6 Å². The Bertz CT molecular complexity index is 701. The number of hydrogen-bond acceptors (Lipinski definition) is 3. The van der Waals surface area contributed by atoms with Gasteiger partial charge in [-0.3, -0.25) is 0 Å². The smallest absolute Gasteiger partial charge is 0.213 e. The molecule has 4 rings (SSSR count). The van der Waals surface area contributed by atoms with E-state index in [9.17, 15) is 0 Å². The third kappa shape index (κ3) is 2.16. The van der Waals surface area contributed by atoms with Crippen LogP contribution in [0.25, 0.3) is 11.1 Å². The highest BCUT2D eigenvalue weighted by Gasteiger charge is 2.35. The largest absolute Gasteiger partial charge is 0.488 e. The lowest BCUT2D eigenvalue weighted by Gasteiger charge is -2.39. The lowest BCUT2D eigenvalue weighted by atomic mass is 9.76. The van der Waals surface area contributed by atoms with Crippen LogP contribution in [0.15, 0.2) is 30.5 Å². The summed E-state index contributed by atoms with van der Waals surface area (Å²) in [5.74, 6) is 2.02. The summed E-state index contributed by atoms with van der Waals surface area (Å²) in [7, 11) is 1.62. The van der Waals surface area contributed by atoms with Crippen LogP contribution in [0, 0.1) is 5.92 Å². The van der Waals surface area contributed by atoms with Crippen molar-refractivity contribution in [3.8, 4) is 22.8 Å². The van der Waals surface area contributed by atoms with Crippen molar-refractivity contribution in [1.29, 1.82) is 0 Å². The average Bonchev–Trinajstić information content (AvgIpc) is 2.49. The van der Waals surface area contributed by atoms with E-state index in [0.717, 1.165) is 34.7 Å². The molecule has 1 aliphatic heterocycles. The number of aromatic nitrogens is 1. The van der Waals surface area contributed by atoms with Gasteiger partial charge in [-0.15, -0.1) is 0 Å². The Kier molecular flexibility index (Phi) is 3.03. The number of methoxy groups -OCH3 is 1. The molecule has 2 heterocycles. The highest BCUT2D eigenvalue weighted by atomic mass is 35.5. The van der Waals surface area contributed by atoms with Gasteiger partial charge in [-0.1, -0.05) is 17.7 Å². The van der Waals surface area contributed by atoms with Gasteiger partial charge in [0.2, 0.25) is 5.88 Å². The summed E-state index contributed by atoms with van der Waals surface area (Å²) >= 11 is 6.20. The fourth-order valence-electron chi connectivity index (χ4n) is 3.19. The minimum absolute atomic E-state index is 0.308. The third-order valence-electron chi connectivity index (χ3n) is 4.52. The molecule has 4 heteroatoms. The molecule has 0 amide bonds. The van der Waals surface area contributed by atoms with Gasteiger partial charge in [-0.2, -0.15) is 0 Å². The van der Waals surface area contributed by atoms with E-state index >= 15 is 0 Å². The van der Waals surface area contributed by atoms with Crippen LogP contribution >= 0.6 is 11.6 Å². The maximum atomic E-state index is 6.20. The predicted octanol–water partition coefficient (Wildman–Crippen LogP) is 4.12. The molecular formula is C17H16ClNO2. The van der Waals surface area contributed by atoms with Crippen molar-refractivity contribution in [1.82, 2.24) is 4.98 Å². The standard InChI is InChI=1S/C17H16ClNO2/c1-20-17-8-14-13-7-12(18)4-2-10(13)6-11-3-5-15(11)21-16(14)9-19-17/h2,4,7-9,11,15H,3,5-6H2,1H3. The van der Waals surface area contributed by atoms with Gasteiger partial charge < -0.3 is 9.47 Å². The Balaban J connectivity index is 1.92. The average molecular weight is 302 g/mol. The van der Waals surface area contributed by atoms with Crippen molar-refractivity contribution in [2.24, 2.45) is 5.92 Å². The van der Waals surface area contributed by atoms with Gasteiger partial charge in [0, 0.05) is 22.6 Å². The second kappa shape index (κ2) is 4.92. The Labute approximate surface area is 128 Å². The molecule has 1 aliphatic carbocycles. The van der Waals surface area contributed by atoms with Crippen molar-refractivity contribution in [2.75, 3.05) is 7.11 Å². The molecule has 1 saturated carbocycles.